The van der Waals surface area contributed by atoms with E-state index in [1.165, 1.54) is 10.6 Å². The van der Waals surface area contributed by atoms with Crippen LogP contribution in [-0.4, -0.2) is 64.6 Å². The third kappa shape index (κ3) is 5.08. The minimum absolute atomic E-state index is 0.0702. The van der Waals surface area contributed by atoms with Gasteiger partial charge in [-0.15, -0.1) is 0 Å². The minimum atomic E-state index is -3.17. The highest BCUT2D eigenvalue weighted by Crippen LogP contribution is 2.33. The third-order valence-electron chi connectivity index (χ3n) is 6.00. The van der Waals surface area contributed by atoms with E-state index in [0.29, 0.717) is 59.8 Å². The fourth-order valence-electron chi connectivity index (χ4n) is 4.16. The fourth-order valence-corrected chi connectivity index (χ4v) is 5.22. The second-order valence-electron chi connectivity index (χ2n) is 8.43. The maximum absolute atomic E-state index is 11.7. The number of nitrogens with one attached hydrogen (secondary N) is 1. The number of nitrogens with zero attached hydrogens (tertiary/aromatic N) is 5. The summed E-state index contributed by atoms with van der Waals surface area (Å²) in [4.78, 5) is 13.3. The molecule has 1 aromatic carbocycles. The predicted molar refractivity (Wildman–Crippen MR) is 138 cm³/mol. The van der Waals surface area contributed by atoms with E-state index in [9.17, 15) is 8.42 Å². The number of sulfonamides is 1. The van der Waals surface area contributed by atoms with Crippen molar-refractivity contribution in [3.8, 4) is 22.9 Å². The molecule has 1 fully saturated rings. The van der Waals surface area contributed by atoms with Gasteiger partial charge in [0.15, 0.2) is 0 Å². The van der Waals surface area contributed by atoms with Crippen molar-refractivity contribution in [2.24, 2.45) is 0 Å². The molecule has 0 aliphatic carbocycles. The standard InChI is InChI=1S/C24H25ClN6O4S/c1-34-21-13-17(35-16-8-11-30(12-9-16)36(2,32)33)6-7-19(21)28-24-27-14-18(25)23(29-24)20-15-26-22-5-3-4-10-31(20)22/h3-7,10,13-16H,8-9,11-12H2,1-2H3,(H,27,28,29). The Kier molecular flexibility index (Phi) is 6.69. The van der Waals surface area contributed by atoms with Gasteiger partial charge in [0, 0.05) is 25.4 Å². The van der Waals surface area contributed by atoms with Crippen molar-refractivity contribution in [2.75, 3.05) is 31.8 Å². The molecule has 4 aromatic rings. The van der Waals surface area contributed by atoms with E-state index in [-0.39, 0.29) is 6.10 Å². The summed E-state index contributed by atoms with van der Waals surface area (Å²) in [6.45, 7) is 0.895. The number of fused-ring (bicyclic) bond motifs is 1. The quantitative estimate of drug-likeness (QED) is 0.383. The van der Waals surface area contributed by atoms with Gasteiger partial charge in [0.05, 0.1) is 42.2 Å². The number of pyridine rings is 1. The molecule has 0 bridgehead atoms. The molecule has 4 heterocycles. The zero-order valence-electron chi connectivity index (χ0n) is 19.8. The number of anilines is 2. The summed E-state index contributed by atoms with van der Waals surface area (Å²) in [5.41, 5.74) is 2.74. The van der Waals surface area contributed by atoms with Crippen molar-refractivity contribution >= 4 is 38.9 Å². The number of aromatic nitrogens is 4. The number of piperidine rings is 1. The molecule has 188 valence electrons. The molecule has 0 amide bonds. The molecule has 0 saturated carbocycles. The maximum atomic E-state index is 11.7. The first-order valence-corrected chi connectivity index (χ1v) is 13.6. The van der Waals surface area contributed by atoms with Crippen molar-refractivity contribution in [2.45, 2.75) is 18.9 Å². The third-order valence-corrected chi connectivity index (χ3v) is 7.58. The largest absolute Gasteiger partial charge is 0.494 e. The highest BCUT2D eigenvalue weighted by molar-refractivity contribution is 7.88. The minimum Gasteiger partial charge on any atom is -0.494 e. The monoisotopic (exact) mass is 528 g/mol. The number of ether oxygens (including phenoxy) is 2. The maximum Gasteiger partial charge on any atom is 0.227 e. The van der Waals surface area contributed by atoms with Crippen LogP contribution in [0.1, 0.15) is 12.8 Å². The Balaban J connectivity index is 1.33. The molecule has 12 heteroatoms. The molecule has 10 nitrogen and oxygen atoms in total. The number of methoxy groups -OCH3 is 1. The Morgan fingerprint density at radius 1 is 1.11 bits per heavy atom. The molecule has 1 aliphatic heterocycles. The smallest absolute Gasteiger partial charge is 0.227 e. The number of halogens is 1. The molecule has 1 N–H and O–H groups in total. The number of benzene rings is 1. The van der Waals surface area contributed by atoms with E-state index in [2.05, 4.69) is 20.3 Å². The van der Waals surface area contributed by atoms with Crippen LogP contribution in [0.2, 0.25) is 5.02 Å². The van der Waals surface area contributed by atoms with Crippen LogP contribution >= 0.6 is 11.6 Å². The Hall–Kier alpha value is -3.41. The van der Waals surface area contributed by atoms with Crippen LogP contribution in [0.3, 0.4) is 0 Å². The van der Waals surface area contributed by atoms with Crippen molar-refractivity contribution in [3.05, 3.63) is 60.0 Å². The van der Waals surface area contributed by atoms with Gasteiger partial charge in [0.2, 0.25) is 16.0 Å². The molecule has 0 atom stereocenters. The van der Waals surface area contributed by atoms with E-state index in [1.54, 1.807) is 25.6 Å². The van der Waals surface area contributed by atoms with Gasteiger partial charge >= 0.3 is 0 Å². The molecule has 1 aliphatic rings. The lowest BCUT2D eigenvalue weighted by molar-refractivity contribution is 0.135. The molecule has 1 saturated heterocycles. The van der Waals surface area contributed by atoms with Gasteiger partial charge in [0.25, 0.3) is 0 Å². The fraction of sp³-hybridized carbons (Fsp3) is 0.292. The van der Waals surface area contributed by atoms with Crippen molar-refractivity contribution in [1.82, 2.24) is 23.7 Å². The first kappa shape index (κ1) is 24.3. The summed E-state index contributed by atoms with van der Waals surface area (Å²) in [7, 11) is -1.60. The Morgan fingerprint density at radius 3 is 2.67 bits per heavy atom. The number of imidazole rings is 1. The Morgan fingerprint density at radius 2 is 1.92 bits per heavy atom. The van der Waals surface area contributed by atoms with Crippen LogP contribution < -0.4 is 14.8 Å². The Bertz CT molecular complexity index is 1500. The van der Waals surface area contributed by atoms with Crippen LogP contribution in [0.25, 0.3) is 17.0 Å². The summed E-state index contributed by atoms with van der Waals surface area (Å²) in [5.74, 6) is 1.54. The van der Waals surface area contributed by atoms with Crippen LogP contribution in [0.15, 0.2) is 55.0 Å². The van der Waals surface area contributed by atoms with Crippen LogP contribution in [-0.2, 0) is 10.0 Å². The van der Waals surface area contributed by atoms with E-state index in [0.717, 1.165) is 11.3 Å². The molecule has 5 rings (SSSR count). The second-order valence-corrected chi connectivity index (χ2v) is 10.8. The van der Waals surface area contributed by atoms with E-state index >= 15 is 0 Å². The molecule has 0 radical (unpaired) electrons. The molecular weight excluding hydrogens is 504 g/mol. The number of rotatable bonds is 7. The molecule has 0 unspecified atom stereocenters. The zero-order chi connectivity index (χ0) is 25.3. The van der Waals surface area contributed by atoms with Crippen LogP contribution in [0.5, 0.6) is 11.5 Å². The van der Waals surface area contributed by atoms with Gasteiger partial charge in [-0.1, -0.05) is 17.7 Å². The van der Waals surface area contributed by atoms with Gasteiger partial charge < -0.3 is 14.8 Å². The van der Waals surface area contributed by atoms with Gasteiger partial charge in [0.1, 0.15) is 28.9 Å². The Labute approximate surface area is 213 Å². The van der Waals surface area contributed by atoms with Crippen LogP contribution in [0.4, 0.5) is 11.6 Å². The SMILES string of the molecule is COc1cc(OC2CCN(S(C)(=O)=O)CC2)ccc1Nc1ncc(Cl)c(-c2cnc3ccccn23)n1. The van der Waals surface area contributed by atoms with Gasteiger partial charge in [-0.25, -0.2) is 27.7 Å². The van der Waals surface area contributed by atoms with Crippen molar-refractivity contribution in [1.29, 1.82) is 0 Å². The highest BCUT2D eigenvalue weighted by atomic mass is 35.5. The van der Waals surface area contributed by atoms with Gasteiger partial charge in [-0.05, 0) is 37.1 Å². The number of hydrogen-bond acceptors (Lipinski definition) is 8. The molecule has 36 heavy (non-hydrogen) atoms. The average molecular weight is 529 g/mol. The lowest BCUT2D eigenvalue weighted by atomic mass is 10.1. The summed E-state index contributed by atoms with van der Waals surface area (Å²) < 4.78 is 38.5. The van der Waals surface area contributed by atoms with E-state index in [1.807, 2.05) is 40.9 Å². The molecule has 0 spiro atoms. The summed E-state index contributed by atoms with van der Waals surface area (Å²) in [6, 6.07) is 11.2. The topological polar surface area (TPSA) is 111 Å². The van der Waals surface area contributed by atoms with E-state index in [4.69, 9.17) is 21.1 Å². The van der Waals surface area contributed by atoms with Crippen molar-refractivity contribution in [3.63, 3.8) is 0 Å². The summed E-state index contributed by atoms with van der Waals surface area (Å²) in [6.07, 6.45) is 7.58. The average Bonchev–Trinajstić information content (AvgIpc) is 3.30. The lowest BCUT2D eigenvalue weighted by Crippen LogP contribution is -2.41. The van der Waals surface area contributed by atoms with Crippen molar-refractivity contribution < 1.29 is 17.9 Å². The van der Waals surface area contributed by atoms with Crippen LogP contribution in [0, 0.1) is 0 Å². The predicted octanol–water partition coefficient (Wildman–Crippen LogP) is 4.00. The lowest BCUT2D eigenvalue weighted by Gasteiger charge is -2.30. The first-order chi connectivity index (χ1) is 17.3. The normalized spacial score (nSPS) is 15.2. The van der Waals surface area contributed by atoms with E-state index < -0.39 is 10.0 Å². The molecular formula is C24H25ClN6O4S. The second kappa shape index (κ2) is 9.92. The summed E-state index contributed by atoms with van der Waals surface area (Å²) >= 11 is 6.43. The van der Waals surface area contributed by atoms with Gasteiger partial charge in [-0.2, -0.15) is 0 Å². The number of hydrogen-bond donors (Lipinski definition) is 1. The summed E-state index contributed by atoms with van der Waals surface area (Å²) in [5, 5.41) is 3.60. The van der Waals surface area contributed by atoms with Gasteiger partial charge in [-0.3, -0.25) is 4.40 Å². The highest BCUT2D eigenvalue weighted by Gasteiger charge is 2.26. The zero-order valence-corrected chi connectivity index (χ0v) is 21.3. The molecule has 3 aromatic heterocycles. The first-order valence-electron chi connectivity index (χ1n) is 11.3.